The summed E-state index contributed by atoms with van der Waals surface area (Å²) in [6, 6.07) is 0. The second kappa shape index (κ2) is 6.13. The molecule has 0 aromatic rings. The Morgan fingerprint density at radius 1 is 1.56 bits per heavy atom. The van der Waals surface area contributed by atoms with Gasteiger partial charge in [-0.1, -0.05) is 0 Å². The van der Waals surface area contributed by atoms with E-state index in [1.165, 1.54) is 0 Å². The molecule has 2 N–H and O–H groups in total. The third kappa shape index (κ3) is 8.00. The highest BCUT2D eigenvalue weighted by Gasteiger charge is 2.04. The van der Waals surface area contributed by atoms with Gasteiger partial charge in [-0.2, -0.15) is 0 Å². The molecule has 0 amide bonds. The Hall–Kier alpha value is 0.00494. The standard InChI is InChI=1S/C4H9BO3S/c6-3-1-2-4-9-5(7)8/h3,7-8H,1-2,4H2. The Morgan fingerprint density at radius 3 is 2.67 bits per heavy atom. The average Bonchev–Trinajstić information content (AvgIpc) is 1.80. The van der Waals surface area contributed by atoms with Gasteiger partial charge in [0.2, 0.25) is 0 Å². The Balaban J connectivity index is 2.82. The predicted octanol–water partition coefficient (Wildman–Crippen LogP) is -0.332. The lowest BCUT2D eigenvalue weighted by molar-refractivity contribution is -0.107. The molecule has 0 aromatic carbocycles. The molecule has 0 aromatic heterocycles. The number of hydrogen-bond acceptors (Lipinski definition) is 4. The van der Waals surface area contributed by atoms with E-state index in [2.05, 4.69) is 0 Å². The third-order valence-corrected chi connectivity index (χ3v) is 1.56. The summed E-state index contributed by atoms with van der Waals surface area (Å²) >= 11 is 1.02. The number of rotatable bonds is 5. The first-order valence-corrected chi connectivity index (χ1v) is 3.73. The molecule has 0 radical (unpaired) electrons. The zero-order valence-corrected chi connectivity index (χ0v) is 5.80. The first-order chi connectivity index (χ1) is 4.27. The molecule has 0 heterocycles. The maximum Gasteiger partial charge on any atom is 0.525 e. The van der Waals surface area contributed by atoms with E-state index in [0.717, 1.165) is 17.9 Å². The van der Waals surface area contributed by atoms with Crippen molar-refractivity contribution >= 4 is 24.3 Å². The maximum atomic E-state index is 9.72. The summed E-state index contributed by atoms with van der Waals surface area (Å²) in [5.41, 5.74) is 0. The second-order valence-corrected chi connectivity index (χ2v) is 2.67. The molecule has 0 saturated heterocycles. The number of hydrogen-bond donors (Lipinski definition) is 2. The maximum absolute atomic E-state index is 9.72. The van der Waals surface area contributed by atoms with Crippen molar-refractivity contribution in [2.24, 2.45) is 0 Å². The van der Waals surface area contributed by atoms with Crippen LogP contribution in [-0.2, 0) is 4.79 Å². The van der Waals surface area contributed by atoms with Crippen molar-refractivity contribution in [1.82, 2.24) is 0 Å². The molecule has 0 spiro atoms. The van der Waals surface area contributed by atoms with E-state index in [-0.39, 0.29) is 0 Å². The van der Waals surface area contributed by atoms with Crippen LogP contribution in [0, 0.1) is 0 Å². The minimum Gasteiger partial charge on any atom is -0.418 e. The Kier molecular flexibility index (Phi) is 6.13. The molecule has 0 saturated carbocycles. The van der Waals surface area contributed by atoms with Gasteiger partial charge in [0.15, 0.2) is 0 Å². The van der Waals surface area contributed by atoms with Crippen LogP contribution in [0.5, 0.6) is 0 Å². The fourth-order valence-electron chi connectivity index (χ4n) is 0.355. The van der Waals surface area contributed by atoms with Crippen molar-refractivity contribution in [3.05, 3.63) is 0 Å². The van der Waals surface area contributed by atoms with Crippen LogP contribution in [-0.4, -0.2) is 28.5 Å². The van der Waals surface area contributed by atoms with E-state index in [1.54, 1.807) is 0 Å². The van der Waals surface area contributed by atoms with Gasteiger partial charge in [0.1, 0.15) is 6.29 Å². The van der Waals surface area contributed by atoms with E-state index in [0.29, 0.717) is 18.6 Å². The van der Waals surface area contributed by atoms with Crippen LogP contribution in [0.15, 0.2) is 0 Å². The molecule has 5 heteroatoms. The third-order valence-electron chi connectivity index (χ3n) is 0.733. The summed E-state index contributed by atoms with van der Waals surface area (Å²) in [7, 11) is 0. The van der Waals surface area contributed by atoms with Crippen LogP contribution in [0.4, 0.5) is 0 Å². The monoisotopic (exact) mass is 148 g/mol. The van der Waals surface area contributed by atoms with E-state index < -0.39 is 6.40 Å². The van der Waals surface area contributed by atoms with Crippen molar-refractivity contribution in [1.29, 1.82) is 0 Å². The minimum atomic E-state index is -1.29. The Morgan fingerprint density at radius 2 is 2.22 bits per heavy atom. The first-order valence-electron chi connectivity index (χ1n) is 2.68. The van der Waals surface area contributed by atoms with Crippen molar-refractivity contribution in [3.63, 3.8) is 0 Å². The molecule has 52 valence electrons. The van der Waals surface area contributed by atoms with Crippen molar-refractivity contribution < 1.29 is 14.8 Å². The number of carbonyl (C=O) groups excluding carboxylic acids is 1. The smallest absolute Gasteiger partial charge is 0.418 e. The molecule has 0 unspecified atom stereocenters. The van der Waals surface area contributed by atoms with Crippen LogP contribution in [0.2, 0.25) is 0 Å². The predicted molar refractivity (Wildman–Crippen MR) is 37.9 cm³/mol. The SMILES string of the molecule is O=CCCCSB(O)O. The first kappa shape index (κ1) is 9.00. The molecule has 9 heavy (non-hydrogen) atoms. The van der Waals surface area contributed by atoms with Gasteiger partial charge in [-0.3, -0.25) is 0 Å². The minimum absolute atomic E-state index is 0.500. The molecule has 0 aliphatic heterocycles. The van der Waals surface area contributed by atoms with Crippen molar-refractivity contribution in [3.8, 4) is 0 Å². The topological polar surface area (TPSA) is 57.5 Å². The van der Waals surface area contributed by atoms with Gasteiger partial charge in [-0.15, -0.1) is 11.6 Å². The number of aldehydes is 1. The molecule has 0 atom stereocenters. The summed E-state index contributed by atoms with van der Waals surface area (Å²) in [5.74, 6) is 0.621. The summed E-state index contributed by atoms with van der Waals surface area (Å²) in [6.07, 6.45) is 0.743. The van der Waals surface area contributed by atoms with Crippen LogP contribution in [0.25, 0.3) is 0 Å². The van der Waals surface area contributed by atoms with Crippen LogP contribution in [0.1, 0.15) is 12.8 Å². The number of unbranched alkanes of at least 4 members (excludes halogenated alkanes) is 1. The average molecular weight is 148 g/mol. The van der Waals surface area contributed by atoms with E-state index in [1.807, 2.05) is 0 Å². The molecule has 3 nitrogen and oxygen atoms in total. The van der Waals surface area contributed by atoms with Crippen LogP contribution in [0.3, 0.4) is 0 Å². The highest BCUT2D eigenvalue weighted by atomic mass is 32.2. The van der Waals surface area contributed by atoms with Crippen molar-refractivity contribution in [2.75, 3.05) is 5.75 Å². The number of carbonyl (C=O) groups is 1. The molecular weight excluding hydrogens is 139 g/mol. The van der Waals surface area contributed by atoms with Gasteiger partial charge in [0, 0.05) is 6.42 Å². The van der Waals surface area contributed by atoms with Gasteiger partial charge in [-0.05, 0) is 12.2 Å². The second-order valence-electron chi connectivity index (χ2n) is 1.51. The zero-order valence-electron chi connectivity index (χ0n) is 4.99. The quantitative estimate of drug-likeness (QED) is 0.318. The lowest BCUT2D eigenvalue weighted by atomic mass is 10.4. The fraction of sp³-hybridized carbons (Fsp3) is 0.750. The van der Waals surface area contributed by atoms with Crippen LogP contribution >= 0.6 is 11.6 Å². The van der Waals surface area contributed by atoms with Gasteiger partial charge >= 0.3 is 6.40 Å². The Labute approximate surface area is 58.5 Å². The van der Waals surface area contributed by atoms with E-state index in [9.17, 15) is 4.79 Å². The molecule has 0 rings (SSSR count). The summed E-state index contributed by atoms with van der Waals surface area (Å²) in [4.78, 5) is 9.72. The summed E-state index contributed by atoms with van der Waals surface area (Å²) in [5, 5.41) is 16.6. The van der Waals surface area contributed by atoms with Gasteiger partial charge < -0.3 is 14.8 Å². The molecule has 0 aliphatic rings. The zero-order chi connectivity index (χ0) is 7.11. The van der Waals surface area contributed by atoms with E-state index >= 15 is 0 Å². The van der Waals surface area contributed by atoms with Crippen molar-refractivity contribution in [2.45, 2.75) is 12.8 Å². The molecule has 0 fully saturated rings. The molecule has 0 aliphatic carbocycles. The normalized spacial score (nSPS) is 9.11. The largest absolute Gasteiger partial charge is 0.525 e. The van der Waals surface area contributed by atoms with Gasteiger partial charge in [-0.25, -0.2) is 0 Å². The van der Waals surface area contributed by atoms with E-state index in [4.69, 9.17) is 10.0 Å². The van der Waals surface area contributed by atoms with Gasteiger partial charge in [0.25, 0.3) is 0 Å². The summed E-state index contributed by atoms with van der Waals surface area (Å²) in [6.45, 7) is 0. The Bertz CT molecular complexity index is 78.2. The van der Waals surface area contributed by atoms with Gasteiger partial charge in [0.05, 0.1) is 0 Å². The fourth-order valence-corrected chi connectivity index (χ4v) is 0.900. The van der Waals surface area contributed by atoms with Crippen LogP contribution < -0.4 is 0 Å². The lowest BCUT2D eigenvalue weighted by Gasteiger charge is -1.94. The highest BCUT2D eigenvalue weighted by Crippen LogP contribution is 2.03. The molecule has 0 bridgehead atoms. The lowest BCUT2D eigenvalue weighted by Crippen LogP contribution is -2.05. The highest BCUT2D eigenvalue weighted by molar-refractivity contribution is 8.23. The molecular formula is C4H9BO3S. The summed E-state index contributed by atoms with van der Waals surface area (Å²) < 4.78 is 0.